The van der Waals surface area contributed by atoms with E-state index >= 15 is 0 Å². The molecule has 2 nitrogen and oxygen atoms in total. The van der Waals surface area contributed by atoms with E-state index < -0.39 is 0 Å². The van der Waals surface area contributed by atoms with Gasteiger partial charge in [0.2, 0.25) is 5.91 Å². The van der Waals surface area contributed by atoms with Crippen molar-refractivity contribution in [3.05, 3.63) is 51.7 Å². The monoisotopic (exact) mass is 335 g/mol. The number of anilines is 1. The Hall–Kier alpha value is -1.13. The summed E-state index contributed by atoms with van der Waals surface area (Å²) in [6.45, 7) is 0. The van der Waals surface area contributed by atoms with Gasteiger partial charge in [0.25, 0.3) is 0 Å². The normalized spacial score (nSPS) is 16.3. The van der Waals surface area contributed by atoms with Gasteiger partial charge < -0.3 is 4.90 Å². The molecule has 2 aromatic rings. The van der Waals surface area contributed by atoms with Gasteiger partial charge in [-0.3, -0.25) is 4.79 Å². The highest BCUT2D eigenvalue weighted by Crippen LogP contribution is 2.36. The van der Waals surface area contributed by atoms with Gasteiger partial charge in [-0.05, 0) is 46.0 Å². The Kier molecular flexibility index (Phi) is 3.46. The highest BCUT2D eigenvalue weighted by atomic mass is 79.9. The van der Waals surface area contributed by atoms with E-state index in [9.17, 15) is 4.79 Å². The van der Waals surface area contributed by atoms with Gasteiger partial charge in [-0.25, -0.2) is 0 Å². The van der Waals surface area contributed by atoms with Crippen molar-refractivity contribution in [3.63, 3.8) is 0 Å². The second-order valence-corrected chi connectivity index (χ2v) is 6.46. The van der Waals surface area contributed by atoms with Crippen molar-refractivity contribution in [1.29, 1.82) is 0 Å². The fourth-order valence-corrected chi connectivity index (χ4v) is 3.88. The third-order valence-corrected chi connectivity index (χ3v) is 5.33. The molecule has 0 N–H and O–H groups in total. The maximum absolute atomic E-state index is 11.7. The van der Waals surface area contributed by atoms with E-state index in [1.54, 1.807) is 16.2 Å². The number of thiophene rings is 1. The maximum Gasteiger partial charge on any atom is 0.227 e. The van der Waals surface area contributed by atoms with Crippen LogP contribution in [0.5, 0.6) is 0 Å². The quantitative estimate of drug-likeness (QED) is 0.755. The zero-order valence-corrected chi connectivity index (χ0v) is 13.0. The molecule has 0 fully saturated rings. The van der Waals surface area contributed by atoms with Crippen LogP contribution in [0, 0.1) is 0 Å². The van der Waals surface area contributed by atoms with Crippen molar-refractivity contribution in [2.75, 3.05) is 11.9 Å². The molecule has 0 aliphatic carbocycles. The van der Waals surface area contributed by atoms with E-state index in [0.717, 1.165) is 12.1 Å². The number of benzene rings is 1. The Morgan fingerprint density at radius 2 is 2.11 bits per heavy atom. The number of alkyl halides is 1. The van der Waals surface area contributed by atoms with E-state index in [4.69, 9.17) is 0 Å². The van der Waals surface area contributed by atoms with Crippen LogP contribution in [0.3, 0.4) is 0 Å². The van der Waals surface area contributed by atoms with Gasteiger partial charge in [-0.15, -0.1) is 0 Å². The summed E-state index contributed by atoms with van der Waals surface area (Å²) in [5.41, 5.74) is 4.84. The number of rotatable bonds is 2. The number of hydrogen-bond donors (Lipinski definition) is 0. The van der Waals surface area contributed by atoms with Crippen LogP contribution in [0.1, 0.15) is 27.9 Å². The van der Waals surface area contributed by atoms with Crippen molar-refractivity contribution in [2.24, 2.45) is 0 Å². The average Bonchev–Trinajstić information content (AvgIpc) is 2.96. The first kappa shape index (κ1) is 12.9. The summed E-state index contributed by atoms with van der Waals surface area (Å²) in [7, 11) is 1.85. The lowest BCUT2D eigenvalue weighted by atomic mass is 9.97. The van der Waals surface area contributed by atoms with Gasteiger partial charge >= 0.3 is 0 Å². The Bertz CT molecular complexity index is 609. The third kappa shape index (κ3) is 2.35. The van der Waals surface area contributed by atoms with Crippen LogP contribution in [-0.4, -0.2) is 13.0 Å². The van der Waals surface area contributed by atoms with Gasteiger partial charge in [-0.1, -0.05) is 28.1 Å². The van der Waals surface area contributed by atoms with Gasteiger partial charge in [0.05, 0.1) is 4.83 Å². The molecule has 2 heterocycles. The van der Waals surface area contributed by atoms with E-state index in [1.807, 2.05) is 7.05 Å². The zero-order chi connectivity index (χ0) is 13.4. The van der Waals surface area contributed by atoms with E-state index in [2.05, 4.69) is 51.0 Å². The smallest absolute Gasteiger partial charge is 0.227 e. The fourth-order valence-electron chi connectivity index (χ4n) is 2.45. The first-order valence-electron chi connectivity index (χ1n) is 6.22. The minimum Gasteiger partial charge on any atom is -0.315 e. The fraction of sp³-hybridized carbons (Fsp3) is 0.267. The molecular formula is C15H14BrNOS. The average molecular weight is 336 g/mol. The number of aryl methyl sites for hydroxylation is 1. The second kappa shape index (κ2) is 5.10. The highest BCUT2D eigenvalue weighted by Gasteiger charge is 2.22. The molecule has 0 bridgehead atoms. The van der Waals surface area contributed by atoms with Crippen LogP contribution < -0.4 is 4.90 Å². The molecule has 19 heavy (non-hydrogen) atoms. The highest BCUT2D eigenvalue weighted by molar-refractivity contribution is 9.09. The lowest BCUT2D eigenvalue weighted by Crippen LogP contribution is -2.31. The molecule has 0 saturated carbocycles. The predicted molar refractivity (Wildman–Crippen MR) is 83.3 cm³/mol. The summed E-state index contributed by atoms with van der Waals surface area (Å²) in [6.07, 6.45) is 1.45. The van der Waals surface area contributed by atoms with Gasteiger partial charge in [0, 0.05) is 19.2 Å². The van der Waals surface area contributed by atoms with Crippen molar-refractivity contribution in [2.45, 2.75) is 17.7 Å². The van der Waals surface area contributed by atoms with Crippen LogP contribution in [0.25, 0.3) is 0 Å². The summed E-state index contributed by atoms with van der Waals surface area (Å²) in [4.78, 5) is 13.7. The Morgan fingerprint density at radius 1 is 1.26 bits per heavy atom. The number of carbonyl (C=O) groups excluding carboxylic acids is 1. The number of halogens is 1. The van der Waals surface area contributed by atoms with Crippen molar-refractivity contribution in [3.8, 4) is 0 Å². The maximum atomic E-state index is 11.7. The largest absolute Gasteiger partial charge is 0.315 e. The first-order valence-corrected chi connectivity index (χ1v) is 8.08. The first-order chi connectivity index (χ1) is 9.16. The lowest BCUT2D eigenvalue weighted by molar-refractivity contribution is -0.118. The second-order valence-electron chi connectivity index (χ2n) is 4.76. The van der Waals surface area contributed by atoms with Crippen LogP contribution in [0.4, 0.5) is 5.69 Å². The van der Waals surface area contributed by atoms with E-state index in [1.165, 1.54) is 16.7 Å². The van der Waals surface area contributed by atoms with E-state index in [0.29, 0.717) is 6.42 Å². The summed E-state index contributed by atoms with van der Waals surface area (Å²) >= 11 is 5.46. The third-order valence-electron chi connectivity index (χ3n) is 3.58. The SMILES string of the molecule is CN1C(=O)CCc2cc(C(Br)c3ccsc3)ccc21. The summed E-state index contributed by atoms with van der Waals surface area (Å²) < 4.78 is 0. The Morgan fingerprint density at radius 3 is 2.84 bits per heavy atom. The molecule has 1 atom stereocenters. The number of carbonyl (C=O) groups is 1. The minimum atomic E-state index is 0.202. The molecule has 3 rings (SSSR count). The number of hydrogen-bond acceptors (Lipinski definition) is 2. The molecule has 4 heteroatoms. The molecule has 1 aliphatic heterocycles. The van der Waals surface area contributed by atoms with Gasteiger partial charge in [0.15, 0.2) is 0 Å². The van der Waals surface area contributed by atoms with Crippen molar-refractivity contribution < 1.29 is 4.79 Å². The van der Waals surface area contributed by atoms with E-state index in [-0.39, 0.29) is 10.7 Å². The number of nitrogens with zero attached hydrogens (tertiary/aromatic N) is 1. The van der Waals surface area contributed by atoms with Crippen LogP contribution >= 0.6 is 27.3 Å². The zero-order valence-electron chi connectivity index (χ0n) is 10.6. The summed E-state index contributed by atoms with van der Waals surface area (Å²) in [6, 6.07) is 8.52. The standard InChI is InChI=1S/C15H14BrNOS/c1-17-13-4-2-11(8-10(13)3-5-14(17)18)15(16)12-6-7-19-9-12/h2,4,6-9,15H,3,5H2,1H3. The molecule has 1 amide bonds. The summed E-state index contributed by atoms with van der Waals surface area (Å²) in [5.74, 6) is 0.202. The lowest BCUT2D eigenvalue weighted by Gasteiger charge is -2.26. The number of fused-ring (bicyclic) bond motifs is 1. The Balaban J connectivity index is 1.96. The predicted octanol–water partition coefficient (Wildman–Crippen LogP) is 4.14. The molecule has 0 spiro atoms. The molecule has 1 unspecified atom stereocenters. The molecule has 1 aromatic heterocycles. The molecule has 98 valence electrons. The molecule has 1 aromatic carbocycles. The molecule has 0 saturated heterocycles. The van der Waals surface area contributed by atoms with Gasteiger partial charge in [0.1, 0.15) is 0 Å². The van der Waals surface area contributed by atoms with Crippen molar-refractivity contribution >= 4 is 38.9 Å². The summed E-state index contributed by atoms with van der Waals surface area (Å²) in [5, 5.41) is 4.25. The molecular weight excluding hydrogens is 322 g/mol. The molecule has 1 aliphatic rings. The molecule has 0 radical (unpaired) electrons. The van der Waals surface area contributed by atoms with Crippen molar-refractivity contribution in [1.82, 2.24) is 0 Å². The van der Waals surface area contributed by atoms with Crippen LogP contribution in [0.2, 0.25) is 0 Å². The van der Waals surface area contributed by atoms with Crippen LogP contribution in [-0.2, 0) is 11.2 Å². The minimum absolute atomic E-state index is 0.202. The Labute approximate surface area is 125 Å². The topological polar surface area (TPSA) is 20.3 Å². The van der Waals surface area contributed by atoms with Crippen LogP contribution in [0.15, 0.2) is 35.0 Å². The number of amides is 1. The van der Waals surface area contributed by atoms with Gasteiger partial charge in [-0.2, -0.15) is 11.3 Å².